The monoisotopic (exact) mass is 348 g/mol. The van der Waals surface area contributed by atoms with Gasteiger partial charge in [0.2, 0.25) is 5.89 Å². The molecule has 1 saturated carbocycles. The molecule has 0 radical (unpaired) electrons. The molecular formula is C11H13ClN4O3S2. The van der Waals surface area contributed by atoms with E-state index in [1.807, 2.05) is 0 Å². The molecule has 0 bridgehead atoms. The lowest BCUT2D eigenvalue weighted by molar-refractivity contribution is 0.229. The minimum Gasteiger partial charge on any atom is -0.338 e. The molecule has 0 amide bonds. The van der Waals surface area contributed by atoms with E-state index in [0.717, 1.165) is 30.6 Å². The van der Waals surface area contributed by atoms with Crippen LogP contribution in [-0.2, 0) is 22.1 Å². The number of aromatic nitrogens is 2. The maximum Gasteiger partial charge on any atom is 0.250 e. The van der Waals surface area contributed by atoms with E-state index in [0.29, 0.717) is 10.2 Å². The van der Waals surface area contributed by atoms with Crippen LogP contribution in [0.2, 0.25) is 4.34 Å². The molecular weight excluding hydrogens is 336 g/mol. The molecule has 7 nitrogen and oxygen atoms in total. The second-order valence-electron chi connectivity index (χ2n) is 4.90. The van der Waals surface area contributed by atoms with Crippen molar-refractivity contribution in [1.82, 2.24) is 14.9 Å². The molecule has 2 aromatic rings. The second-order valence-corrected chi connectivity index (χ2v) is 8.61. The Hall–Kier alpha value is -1.00. The van der Waals surface area contributed by atoms with Gasteiger partial charge in [0.15, 0.2) is 5.82 Å². The third kappa shape index (κ3) is 2.97. The molecule has 1 aliphatic carbocycles. The van der Waals surface area contributed by atoms with Crippen LogP contribution in [0.25, 0.3) is 0 Å². The van der Waals surface area contributed by atoms with E-state index in [9.17, 15) is 8.42 Å². The van der Waals surface area contributed by atoms with Gasteiger partial charge in [0.25, 0.3) is 10.0 Å². The van der Waals surface area contributed by atoms with Gasteiger partial charge in [-0.15, -0.1) is 11.3 Å². The highest BCUT2D eigenvalue weighted by molar-refractivity contribution is 7.91. The van der Waals surface area contributed by atoms with Gasteiger partial charge in [-0.2, -0.15) is 4.98 Å². The number of nitrogens with two attached hydrogens (primary N) is 1. The maximum atomic E-state index is 12.0. The summed E-state index contributed by atoms with van der Waals surface area (Å²) in [7, 11) is -3.63. The molecule has 1 aliphatic rings. The topological polar surface area (TPSA) is 111 Å². The average molecular weight is 349 g/mol. The molecule has 21 heavy (non-hydrogen) atoms. The van der Waals surface area contributed by atoms with Crippen molar-refractivity contribution >= 4 is 33.0 Å². The summed E-state index contributed by atoms with van der Waals surface area (Å²) in [5, 5.41) is 3.82. The van der Waals surface area contributed by atoms with Gasteiger partial charge < -0.3 is 10.3 Å². The van der Waals surface area contributed by atoms with Crippen LogP contribution in [0.5, 0.6) is 0 Å². The molecule has 3 N–H and O–H groups in total. The molecule has 0 saturated heterocycles. The lowest BCUT2D eigenvalue weighted by atomic mass is 9.77. The van der Waals surface area contributed by atoms with E-state index < -0.39 is 15.6 Å². The number of nitrogens with one attached hydrogen (secondary N) is 1. The Labute approximate surface area is 130 Å². The van der Waals surface area contributed by atoms with E-state index in [4.69, 9.17) is 21.9 Å². The summed E-state index contributed by atoms with van der Waals surface area (Å²) in [4.78, 5) is 4.15. The maximum absolute atomic E-state index is 12.0. The van der Waals surface area contributed by atoms with E-state index in [-0.39, 0.29) is 16.6 Å². The Morgan fingerprint density at radius 2 is 2.24 bits per heavy atom. The van der Waals surface area contributed by atoms with Crippen LogP contribution in [0.1, 0.15) is 31.0 Å². The van der Waals surface area contributed by atoms with Crippen LogP contribution in [-0.4, -0.2) is 18.6 Å². The smallest absolute Gasteiger partial charge is 0.250 e. The van der Waals surface area contributed by atoms with Crippen molar-refractivity contribution in [3.63, 3.8) is 0 Å². The fourth-order valence-corrected chi connectivity index (χ4v) is 4.48. The molecule has 0 spiro atoms. The predicted octanol–water partition coefficient (Wildman–Crippen LogP) is 1.60. The number of nitrogens with zero attached hydrogens (tertiary/aromatic N) is 2. The zero-order valence-electron chi connectivity index (χ0n) is 10.9. The Balaban J connectivity index is 1.68. The molecule has 10 heteroatoms. The molecule has 0 aromatic carbocycles. The van der Waals surface area contributed by atoms with Crippen LogP contribution in [0.4, 0.5) is 0 Å². The van der Waals surface area contributed by atoms with Crippen LogP contribution < -0.4 is 10.5 Å². The molecule has 1 fully saturated rings. The number of hydrogen-bond acceptors (Lipinski definition) is 7. The molecule has 0 aliphatic heterocycles. The van der Waals surface area contributed by atoms with Gasteiger partial charge in [-0.1, -0.05) is 16.8 Å². The van der Waals surface area contributed by atoms with E-state index in [1.165, 1.54) is 12.1 Å². The Morgan fingerprint density at radius 3 is 2.81 bits per heavy atom. The van der Waals surface area contributed by atoms with Crippen molar-refractivity contribution in [2.75, 3.05) is 0 Å². The van der Waals surface area contributed by atoms with Gasteiger partial charge >= 0.3 is 0 Å². The zero-order chi connectivity index (χ0) is 15.1. The highest BCUT2D eigenvalue weighted by atomic mass is 35.5. The van der Waals surface area contributed by atoms with Gasteiger partial charge in [-0.3, -0.25) is 0 Å². The van der Waals surface area contributed by atoms with Crippen molar-refractivity contribution in [3.05, 3.63) is 28.2 Å². The summed E-state index contributed by atoms with van der Waals surface area (Å²) >= 11 is 6.71. The standard InChI is InChI=1S/C11H13ClN4O3S2/c12-7-2-3-9(20-7)21(17,18)14-6-8-15-10(16-19-8)11(13)4-1-5-11/h2-3,14H,1,4-6,13H2. The molecule has 3 rings (SSSR count). The first-order valence-electron chi connectivity index (χ1n) is 6.26. The van der Waals surface area contributed by atoms with Crippen molar-refractivity contribution in [1.29, 1.82) is 0 Å². The lowest BCUT2D eigenvalue weighted by Gasteiger charge is -2.34. The largest absolute Gasteiger partial charge is 0.338 e. The first-order valence-corrected chi connectivity index (χ1v) is 8.94. The van der Waals surface area contributed by atoms with Crippen molar-refractivity contribution in [3.8, 4) is 0 Å². The third-order valence-electron chi connectivity index (χ3n) is 3.39. The molecule has 0 atom stereocenters. The summed E-state index contributed by atoms with van der Waals surface area (Å²) in [6, 6.07) is 2.97. The van der Waals surface area contributed by atoms with Gasteiger partial charge in [0.1, 0.15) is 4.21 Å². The fraction of sp³-hybridized carbons (Fsp3) is 0.455. The summed E-state index contributed by atoms with van der Waals surface area (Å²) in [5.41, 5.74) is 5.55. The first kappa shape index (κ1) is 14.9. The number of hydrogen-bond donors (Lipinski definition) is 2. The molecule has 0 unspecified atom stereocenters. The third-order valence-corrected chi connectivity index (χ3v) is 6.51. The van der Waals surface area contributed by atoms with Gasteiger partial charge in [0, 0.05) is 0 Å². The fourth-order valence-electron chi connectivity index (χ4n) is 1.98. The number of thiophene rings is 1. The van der Waals surface area contributed by atoms with E-state index in [1.54, 1.807) is 0 Å². The van der Waals surface area contributed by atoms with Crippen LogP contribution in [0.15, 0.2) is 20.9 Å². The Bertz CT molecular complexity index is 751. The van der Waals surface area contributed by atoms with Gasteiger partial charge in [0.05, 0.1) is 16.4 Å². The quantitative estimate of drug-likeness (QED) is 0.848. The number of sulfonamides is 1. The zero-order valence-corrected chi connectivity index (χ0v) is 13.3. The number of halogens is 1. The predicted molar refractivity (Wildman–Crippen MR) is 77.4 cm³/mol. The minimum atomic E-state index is -3.63. The molecule has 114 valence electrons. The summed E-state index contributed by atoms with van der Waals surface area (Å²) < 4.78 is 32.0. The molecule has 2 aromatic heterocycles. The van der Waals surface area contributed by atoms with Gasteiger partial charge in [-0.25, -0.2) is 13.1 Å². The average Bonchev–Trinajstić information content (AvgIpc) is 3.03. The summed E-state index contributed by atoms with van der Waals surface area (Å²) in [5.74, 6) is 0.620. The normalized spacial score (nSPS) is 17.6. The number of rotatable bonds is 5. The van der Waals surface area contributed by atoms with Crippen molar-refractivity contribution < 1.29 is 12.9 Å². The second kappa shape index (κ2) is 5.33. The first-order chi connectivity index (χ1) is 9.89. The lowest BCUT2D eigenvalue weighted by Crippen LogP contribution is -2.44. The Kier molecular flexibility index (Phi) is 3.78. The van der Waals surface area contributed by atoms with Crippen LogP contribution in [0.3, 0.4) is 0 Å². The minimum absolute atomic E-state index is 0.0824. The van der Waals surface area contributed by atoms with Crippen molar-refractivity contribution in [2.24, 2.45) is 5.73 Å². The van der Waals surface area contributed by atoms with E-state index in [2.05, 4.69) is 14.9 Å². The highest BCUT2D eigenvalue weighted by Gasteiger charge is 2.39. The van der Waals surface area contributed by atoms with Crippen LogP contribution >= 0.6 is 22.9 Å². The van der Waals surface area contributed by atoms with Crippen molar-refractivity contribution in [2.45, 2.75) is 35.6 Å². The molecule has 2 heterocycles. The Morgan fingerprint density at radius 1 is 1.48 bits per heavy atom. The van der Waals surface area contributed by atoms with Gasteiger partial charge in [-0.05, 0) is 31.4 Å². The summed E-state index contributed by atoms with van der Waals surface area (Å²) in [6.45, 7) is -0.0824. The SMILES string of the molecule is NC1(c2noc(CNS(=O)(=O)c3ccc(Cl)s3)n2)CCC1. The van der Waals surface area contributed by atoms with E-state index >= 15 is 0 Å². The highest BCUT2D eigenvalue weighted by Crippen LogP contribution is 2.36. The van der Waals surface area contributed by atoms with Crippen LogP contribution in [0, 0.1) is 0 Å². The summed E-state index contributed by atoms with van der Waals surface area (Å²) in [6.07, 6.45) is 2.66.